The monoisotopic (exact) mass is 249 g/mol. The molecule has 1 aromatic carbocycles. The zero-order valence-corrected chi connectivity index (χ0v) is 8.85. The third-order valence-electron chi connectivity index (χ3n) is 1.58. The minimum Gasteiger partial charge on any atom is -0.397 e. The van der Waals surface area contributed by atoms with Crippen molar-refractivity contribution < 1.29 is 5.11 Å². The van der Waals surface area contributed by atoms with Crippen LogP contribution in [0.1, 0.15) is 18.6 Å². The molecule has 1 atom stereocenters. The number of anilines is 1. The van der Waals surface area contributed by atoms with Crippen molar-refractivity contribution in [3.63, 3.8) is 0 Å². The van der Waals surface area contributed by atoms with E-state index in [0.29, 0.717) is 16.3 Å². The van der Waals surface area contributed by atoms with E-state index in [-0.39, 0.29) is 0 Å². The van der Waals surface area contributed by atoms with Gasteiger partial charge in [0.15, 0.2) is 0 Å². The lowest BCUT2D eigenvalue weighted by atomic mass is 10.1. The van der Waals surface area contributed by atoms with Gasteiger partial charge in [0.25, 0.3) is 0 Å². The Balaban J connectivity index is 3.28. The van der Waals surface area contributed by atoms with Crippen LogP contribution in [0, 0.1) is 0 Å². The van der Waals surface area contributed by atoms with Crippen LogP contribution in [-0.2, 0) is 0 Å². The summed E-state index contributed by atoms with van der Waals surface area (Å²) in [7, 11) is 0. The zero-order chi connectivity index (χ0) is 9.30. The maximum atomic E-state index is 9.29. The summed E-state index contributed by atoms with van der Waals surface area (Å²) in [5.74, 6) is 0. The van der Waals surface area contributed by atoms with Crippen molar-refractivity contribution >= 4 is 33.2 Å². The summed E-state index contributed by atoms with van der Waals surface area (Å²) in [6, 6.07) is 3.45. The number of hydrogen-bond donors (Lipinski definition) is 2. The third kappa shape index (κ3) is 1.91. The lowest BCUT2D eigenvalue weighted by Gasteiger charge is -2.10. The Kier molecular flexibility index (Phi) is 2.99. The van der Waals surface area contributed by atoms with E-state index in [1.165, 1.54) is 0 Å². The van der Waals surface area contributed by atoms with E-state index in [9.17, 15) is 5.11 Å². The van der Waals surface area contributed by atoms with E-state index >= 15 is 0 Å². The van der Waals surface area contributed by atoms with Gasteiger partial charge in [-0.2, -0.15) is 0 Å². The molecule has 0 saturated carbocycles. The molecule has 0 spiro atoms. The summed E-state index contributed by atoms with van der Waals surface area (Å²) in [4.78, 5) is 0. The molecule has 0 aliphatic carbocycles. The first-order valence-corrected chi connectivity index (χ1v) is 4.62. The number of hydrogen-bond acceptors (Lipinski definition) is 2. The predicted octanol–water partition coefficient (Wildman–Crippen LogP) is 2.74. The number of aliphatic hydroxyl groups excluding tert-OH is 1. The molecule has 0 radical (unpaired) electrons. The van der Waals surface area contributed by atoms with Gasteiger partial charge in [-0.1, -0.05) is 27.5 Å². The molecule has 0 amide bonds. The maximum absolute atomic E-state index is 9.29. The second-order valence-corrected chi connectivity index (χ2v) is 3.89. The molecule has 1 aromatic rings. The molecule has 0 bridgehead atoms. The molecule has 66 valence electrons. The van der Waals surface area contributed by atoms with Gasteiger partial charge in [0, 0.05) is 10.0 Å². The molecule has 0 saturated heterocycles. The Morgan fingerprint density at radius 2 is 2.17 bits per heavy atom. The van der Waals surface area contributed by atoms with E-state index in [1.54, 1.807) is 19.1 Å². The summed E-state index contributed by atoms with van der Waals surface area (Å²) in [5.41, 5.74) is 6.73. The molecular formula is C8H9BrClNO. The molecule has 1 unspecified atom stereocenters. The third-order valence-corrected chi connectivity index (χ3v) is 2.35. The molecule has 1 rings (SSSR count). The van der Waals surface area contributed by atoms with E-state index in [4.69, 9.17) is 17.3 Å². The zero-order valence-electron chi connectivity index (χ0n) is 6.51. The quantitative estimate of drug-likeness (QED) is 0.753. The van der Waals surface area contributed by atoms with E-state index in [0.717, 1.165) is 4.47 Å². The minimum absolute atomic E-state index is 0.440. The Bertz CT molecular complexity index is 301. The SMILES string of the molecule is CC(O)c1cc(Br)cc(Cl)c1N. The first-order valence-electron chi connectivity index (χ1n) is 3.45. The van der Waals surface area contributed by atoms with Gasteiger partial charge in [0.05, 0.1) is 16.8 Å². The van der Waals surface area contributed by atoms with Crippen molar-refractivity contribution in [2.75, 3.05) is 5.73 Å². The Labute approximate surface area is 84.5 Å². The minimum atomic E-state index is -0.597. The van der Waals surface area contributed by atoms with Gasteiger partial charge in [-0.25, -0.2) is 0 Å². The second kappa shape index (κ2) is 3.64. The summed E-state index contributed by atoms with van der Waals surface area (Å²) in [6.45, 7) is 1.65. The molecule has 0 fully saturated rings. The Morgan fingerprint density at radius 3 is 2.67 bits per heavy atom. The molecule has 0 aromatic heterocycles. The average Bonchev–Trinajstić information content (AvgIpc) is 1.96. The standard InChI is InChI=1S/C8H9BrClNO/c1-4(12)6-2-5(9)3-7(10)8(6)11/h2-4,12H,11H2,1H3. The first-order chi connectivity index (χ1) is 5.52. The summed E-state index contributed by atoms with van der Waals surface area (Å²) >= 11 is 9.06. The van der Waals surface area contributed by atoms with Crippen molar-refractivity contribution in [3.8, 4) is 0 Å². The summed E-state index contributed by atoms with van der Waals surface area (Å²) in [5, 5.41) is 9.75. The Hall–Kier alpha value is -0.250. The van der Waals surface area contributed by atoms with Gasteiger partial charge in [-0.05, 0) is 19.1 Å². The van der Waals surface area contributed by atoms with E-state index in [2.05, 4.69) is 15.9 Å². The van der Waals surface area contributed by atoms with Crippen LogP contribution >= 0.6 is 27.5 Å². The highest BCUT2D eigenvalue weighted by atomic mass is 79.9. The molecule has 0 aliphatic heterocycles. The van der Waals surface area contributed by atoms with Gasteiger partial charge in [-0.15, -0.1) is 0 Å². The topological polar surface area (TPSA) is 46.2 Å². The smallest absolute Gasteiger partial charge is 0.0782 e. The van der Waals surface area contributed by atoms with E-state index in [1.807, 2.05) is 0 Å². The molecule has 2 nitrogen and oxygen atoms in total. The molecular weight excluding hydrogens is 241 g/mol. The van der Waals surface area contributed by atoms with Crippen molar-refractivity contribution in [1.82, 2.24) is 0 Å². The van der Waals surface area contributed by atoms with Crippen molar-refractivity contribution in [2.24, 2.45) is 0 Å². The number of rotatable bonds is 1. The number of halogens is 2. The van der Waals surface area contributed by atoms with Crippen molar-refractivity contribution in [2.45, 2.75) is 13.0 Å². The second-order valence-electron chi connectivity index (χ2n) is 2.57. The fraction of sp³-hybridized carbons (Fsp3) is 0.250. The van der Waals surface area contributed by atoms with Gasteiger partial charge in [0.2, 0.25) is 0 Å². The van der Waals surface area contributed by atoms with Crippen LogP contribution in [0.2, 0.25) is 5.02 Å². The molecule has 0 aliphatic rings. The number of benzene rings is 1. The summed E-state index contributed by atoms with van der Waals surface area (Å²) < 4.78 is 0.817. The van der Waals surface area contributed by atoms with Gasteiger partial charge >= 0.3 is 0 Å². The van der Waals surface area contributed by atoms with Crippen LogP contribution in [0.5, 0.6) is 0 Å². The van der Waals surface area contributed by atoms with Crippen LogP contribution in [0.15, 0.2) is 16.6 Å². The number of aliphatic hydroxyl groups is 1. The van der Waals surface area contributed by atoms with Crippen LogP contribution in [0.25, 0.3) is 0 Å². The largest absolute Gasteiger partial charge is 0.397 e. The van der Waals surface area contributed by atoms with Crippen molar-refractivity contribution in [3.05, 3.63) is 27.2 Å². The average molecular weight is 251 g/mol. The predicted molar refractivity (Wildman–Crippen MR) is 54.2 cm³/mol. The van der Waals surface area contributed by atoms with Crippen molar-refractivity contribution in [1.29, 1.82) is 0 Å². The normalized spacial score (nSPS) is 13.0. The number of nitrogens with two attached hydrogens (primary N) is 1. The van der Waals surface area contributed by atoms with Gasteiger partial charge < -0.3 is 10.8 Å². The highest BCUT2D eigenvalue weighted by molar-refractivity contribution is 9.10. The van der Waals surface area contributed by atoms with E-state index < -0.39 is 6.10 Å². The fourth-order valence-electron chi connectivity index (χ4n) is 0.950. The first kappa shape index (κ1) is 9.84. The lowest BCUT2D eigenvalue weighted by Crippen LogP contribution is -1.99. The molecule has 3 N–H and O–H groups in total. The van der Waals surface area contributed by atoms with Crippen LogP contribution in [0.4, 0.5) is 5.69 Å². The fourth-order valence-corrected chi connectivity index (χ4v) is 1.78. The van der Waals surface area contributed by atoms with Crippen LogP contribution < -0.4 is 5.73 Å². The maximum Gasteiger partial charge on any atom is 0.0782 e. The van der Waals surface area contributed by atoms with Gasteiger partial charge in [-0.3, -0.25) is 0 Å². The van der Waals surface area contributed by atoms with Gasteiger partial charge in [0.1, 0.15) is 0 Å². The Morgan fingerprint density at radius 1 is 1.58 bits per heavy atom. The number of nitrogen functional groups attached to an aromatic ring is 1. The highest BCUT2D eigenvalue weighted by Crippen LogP contribution is 2.31. The van der Waals surface area contributed by atoms with Crippen LogP contribution in [0.3, 0.4) is 0 Å². The highest BCUT2D eigenvalue weighted by Gasteiger charge is 2.09. The molecule has 4 heteroatoms. The summed E-state index contributed by atoms with van der Waals surface area (Å²) in [6.07, 6.45) is -0.597. The van der Waals surface area contributed by atoms with Crippen LogP contribution in [-0.4, -0.2) is 5.11 Å². The molecule has 12 heavy (non-hydrogen) atoms. The lowest BCUT2D eigenvalue weighted by molar-refractivity contribution is 0.200. The molecule has 0 heterocycles.